The fourth-order valence-corrected chi connectivity index (χ4v) is 2.50. The van der Waals surface area contributed by atoms with Crippen LogP contribution in [-0.2, 0) is 9.53 Å². The Labute approximate surface area is 110 Å². The highest BCUT2D eigenvalue weighted by molar-refractivity contribution is 7.81. The summed E-state index contributed by atoms with van der Waals surface area (Å²) < 4.78 is 5.22. The summed E-state index contributed by atoms with van der Waals surface area (Å²) in [6.07, 6.45) is 0.522. The van der Waals surface area contributed by atoms with Crippen LogP contribution in [0.25, 0.3) is 0 Å². The summed E-state index contributed by atoms with van der Waals surface area (Å²) in [5.41, 5.74) is 3.07. The molecule has 5 heteroatoms. The van der Waals surface area contributed by atoms with E-state index in [9.17, 15) is 4.79 Å². The molecule has 2 heterocycles. The molecule has 1 atom stereocenters. The Bertz CT molecular complexity index is 580. The number of rotatable bonds is 0. The smallest absolute Gasteiger partial charge is 0.343 e. The number of thiocarbonyl (C=S) groups is 1. The average molecular weight is 260 g/mol. The average Bonchev–Trinajstić information content (AvgIpc) is 2.43. The lowest BCUT2D eigenvalue weighted by atomic mass is 10.1. The Hall–Kier alpha value is -1.88. The Kier molecular flexibility index (Phi) is 2.56. The maximum absolute atomic E-state index is 11.9. The molecule has 0 spiro atoms. The summed E-state index contributed by atoms with van der Waals surface area (Å²) in [5.74, 6) is -0.360. The molecule has 1 unspecified atom stereocenters. The van der Waals surface area contributed by atoms with E-state index in [4.69, 9.17) is 17.0 Å². The quantitative estimate of drug-likeness (QED) is 0.554. The fourth-order valence-electron chi connectivity index (χ4n) is 2.19. The number of cyclic esters (lactones) is 1. The molecule has 0 aliphatic carbocycles. The highest BCUT2D eigenvalue weighted by atomic mass is 32.1. The van der Waals surface area contributed by atoms with Gasteiger partial charge in [0.05, 0.1) is 11.4 Å². The fraction of sp³-hybridized carbons (Fsp3) is 0.231. The number of carbonyl (C=O) groups is 1. The van der Waals surface area contributed by atoms with Crippen LogP contribution in [-0.4, -0.2) is 17.1 Å². The monoisotopic (exact) mass is 260 g/mol. The van der Waals surface area contributed by atoms with Crippen molar-refractivity contribution in [2.75, 3.05) is 10.6 Å². The van der Waals surface area contributed by atoms with Crippen LogP contribution in [0.15, 0.2) is 35.5 Å². The van der Waals surface area contributed by atoms with Crippen molar-refractivity contribution in [3.05, 3.63) is 35.5 Å². The molecule has 4 nitrogen and oxygen atoms in total. The Morgan fingerprint density at radius 2 is 1.94 bits per heavy atom. The molecule has 0 bridgehead atoms. The summed E-state index contributed by atoms with van der Waals surface area (Å²) >= 11 is 5.27. The van der Waals surface area contributed by atoms with Gasteiger partial charge in [0.25, 0.3) is 0 Å². The van der Waals surface area contributed by atoms with E-state index in [1.54, 1.807) is 0 Å². The number of fused-ring (bicyclic) bond motifs is 1. The van der Waals surface area contributed by atoms with E-state index in [-0.39, 0.29) is 12.1 Å². The lowest BCUT2D eigenvalue weighted by molar-refractivity contribution is -0.144. The number of hydrogen-bond donors (Lipinski definition) is 2. The van der Waals surface area contributed by atoms with Gasteiger partial charge in [-0.2, -0.15) is 0 Å². The van der Waals surface area contributed by atoms with Crippen LogP contribution in [0.5, 0.6) is 0 Å². The molecule has 2 aliphatic rings. The first-order chi connectivity index (χ1) is 8.65. The lowest BCUT2D eigenvalue weighted by Gasteiger charge is -2.23. The highest BCUT2D eigenvalue weighted by Gasteiger charge is 2.31. The maximum Gasteiger partial charge on any atom is 0.343 e. The number of carbonyl (C=O) groups excluding carboxylic acids is 1. The zero-order valence-corrected chi connectivity index (χ0v) is 10.6. The number of anilines is 2. The number of ether oxygens (including phenoxy) is 1. The van der Waals surface area contributed by atoms with Crippen molar-refractivity contribution in [1.29, 1.82) is 0 Å². The number of esters is 1. The number of para-hydroxylation sites is 2. The summed E-state index contributed by atoms with van der Waals surface area (Å²) in [6, 6.07) is 7.72. The minimum Gasteiger partial charge on any atom is -0.459 e. The molecule has 0 fully saturated rings. The summed E-state index contributed by atoms with van der Waals surface area (Å²) in [7, 11) is 0. The standard InChI is InChI=1S/C13H12N2O2S/c1-7-6-10-11(13(16)17-7)12(18)15-9-5-3-2-4-8(9)14-10/h2-5,7,14H,6H2,1H3,(H,15,18). The van der Waals surface area contributed by atoms with Crippen molar-refractivity contribution in [2.45, 2.75) is 19.4 Å². The second-order valence-electron chi connectivity index (χ2n) is 4.40. The van der Waals surface area contributed by atoms with Gasteiger partial charge < -0.3 is 15.4 Å². The molecule has 0 radical (unpaired) electrons. The van der Waals surface area contributed by atoms with Gasteiger partial charge in [-0.1, -0.05) is 24.4 Å². The van der Waals surface area contributed by atoms with Crippen LogP contribution < -0.4 is 10.6 Å². The Morgan fingerprint density at radius 1 is 1.28 bits per heavy atom. The van der Waals surface area contributed by atoms with E-state index in [1.807, 2.05) is 31.2 Å². The summed E-state index contributed by atoms with van der Waals surface area (Å²) in [4.78, 5) is 12.3. The third kappa shape index (κ3) is 1.76. The van der Waals surface area contributed by atoms with Crippen molar-refractivity contribution >= 4 is 34.6 Å². The lowest BCUT2D eigenvalue weighted by Crippen LogP contribution is -2.30. The minimum atomic E-state index is -0.360. The molecule has 3 rings (SSSR count). The topological polar surface area (TPSA) is 50.4 Å². The van der Waals surface area contributed by atoms with E-state index in [2.05, 4.69) is 10.6 Å². The van der Waals surface area contributed by atoms with E-state index in [0.29, 0.717) is 17.0 Å². The van der Waals surface area contributed by atoms with Gasteiger partial charge in [0.15, 0.2) is 0 Å². The largest absolute Gasteiger partial charge is 0.459 e. The minimum absolute atomic E-state index is 0.128. The zero-order valence-electron chi connectivity index (χ0n) is 9.82. The van der Waals surface area contributed by atoms with Crippen LogP contribution in [0.4, 0.5) is 11.4 Å². The predicted octanol–water partition coefficient (Wildman–Crippen LogP) is 2.44. The van der Waals surface area contributed by atoms with Gasteiger partial charge in [-0.15, -0.1) is 0 Å². The molecule has 1 aromatic carbocycles. The molecule has 0 saturated heterocycles. The van der Waals surface area contributed by atoms with Gasteiger partial charge in [0.1, 0.15) is 16.7 Å². The van der Waals surface area contributed by atoms with E-state index >= 15 is 0 Å². The number of hydrogen-bond acceptors (Lipinski definition) is 4. The molecule has 92 valence electrons. The second kappa shape index (κ2) is 4.10. The van der Waals surface area contributed by atoms with Crippen molar-refractivity contribution in [1.82, 2.24) is 0 Å². The number of nitrogens with one attached hydrogen (secondary N) is 2. The van der Waals surface area contributed by atoms with Crippen LogP contribution in [0.1, 0.15) is 13.3 Å². The van der Waals surface area contributed by atoms with Crippen molar-refractivity contribution in [3.63, 3.8) is 0 Å². The van der Waals surface area contributed by atoms with Gasteiger partial charge in [-0.3, -0.25) is 0 Å². The Morgan fingerprint density at radius 3 is 2.67 bits per heavy atom. The summed E-state index contributed by atoms with van der Waals surface area (Å²) in [5, 5.41) is 6.36. The van der Waals surface area contributed by atoms with Crippen LogP contribution in [0, 0.1) is 0 Å². The van der Waals surface area contributed by atoms with Crippen LogP contribution in [0.3, 0.4) is 0 Å². The van der Waals surface area contributed by atoms with E-state index in [0.717, 1.165) is 17.1 Å². The molecule has 2 N–H and O–H groups in total. The van der Waals surface area contributed by atoms with E-state index in [1.165, 1.54) is 0 Å². The second-order valence-corrected chi connectivity index (χ2v) is 4.81. The first-order valence-corrected chi connectivity index (χ1v) is 6.17. The number of benzene rings is 1. The summed E-state index contributed by atoms with van der Waals surface area (Å²) in [6.45, 7) is 1.87. The van der Waals surface area contributed by atoms with Gasteiger partial charge in [-0.25, -0.2) is 4.79 Å². The first kappa shape index (κ1) is 11.2. The molecular weight excluding hydrogens is 248 g/mol. The van der Waals surface area contributed by atoms with Gasteiger partial charge in [0.2, 0.25) is 0 Å². The highest BCUT2D eigenvalue weighted by Crippen LogP contribution is 2.32. The normalized spacial score (nSPS) is 22.2. The molecule has 18 heavy (non-hydrogen) atoms. The zero-order chi connectivity index (χ0) is 12.7. The van der Waals surface area contributed by atoms with E-state index < -0.39 is 0 Å². The SMILES string of the molecule is CC1CC2=C(C(=O)O1)C(=S)Nc1ccccc1N2. The molecule has 2 aliphatic heterocycles. The van der Waals surface area contributed by atoms with Gasteiger partial charge in [-0.05, 0) is 19.1 Å². The van der Waals surface area contributed by atoms with Crippen molar-refractivity contribution in [3.8, 4) is 0 Å². The third-order valence-electron chi connectivity index (χ3n) is 2.99. The third-order valence-corrected chi connectivity index (χ3v) is 3.30. The van der Waals surface area contributed by atoms with Crippen molar-refractivity contribution in [2.24, 2.45) is 0 Å². The predicted molar refractivity (Wildman–Crippen MR) is 73.5 cm³/mol. The van der Waals surface area contributed by atoms with Crippen LogP contribution in [0.2, 0.25) is 0 Å². The molecule has 1 aromatic rings. The van der Waals surface area contributed by atoms with Crippen LogP contribution >= 0.6 is 12.2 Å². The molecule has 0 aromatic heterocycles. The van der Waals surface area contributed by atoms with Gasteiger partial charge >= 0.3 is 5.97 Å². The molecular formula is C13H12N2O2S. The Balaban J connectivity index is 2.09. The maximum atomic E-state index is 11.9. The first-order valence-electron chi connectivity index (χ1n) is 5.76. The molecule has 0 saturated carbocycles. The van der Waals surface area contributed by atoms with Gasteiger partial charge in [0, 0.05) is 12.1 Å². The molecule has 0 amide bonds. The van der Waals surface area contributed by atoms with Crippen molar-refractivity contribution < 1.29 is 9.53 Å².